The minimum atomic E-state index is -6.82. The maximum absolute atomic E-state index is 12.4. The van der Waals surface area contributed by atoms with E-state index in [-0.39, 0.29) is 0 Å². The highest BCUT2D eigenvalue weighted by molar-refractivity contribution is 8.09. The Morgan fingerprint density at radius 2 is 1.42 bits per heavy atom. The van der Waals surface area contributed by atoms with Crippen molar-refractivity contribution >= 4 is 25.6 Å². The van der Waals surface area contributed by atoms with Gasteiger partial charge in [0.2, 0.25) is 5.91 Å². The van der Waals surface area contributed by atoms with E-state index < -0.39 is 60.2 Å². The summed E-state index contributed by atoms with van der Waals surface area (Å²) >= 11 is 0. The molecule has 0 aromatic rings. The van der Waals surface area contributed by atoms with Crippen molar-refractivity contribution in [1.82, 2.24) is 5.32 Å². The number of aliphatic hydroxyl groups is 1. The van der Waals surface area contributed by atoms with Gasteiger partial charge in [-0.25, -0.2) is 16.8 Å². The van der Waals surface area contributed by atoms with Gasteiger partial charge in [-0.05, 0) is 6.08 Å². The van der Waals surface area contributed by atoms with Crippen LogP contribution in [0.15, 0.2) is 12.7 Å². The summed E-state index contributed by atoms with van der Waals surface area (Å²) in [6.07, 6.45) is -3.64. The fourth-order valence-corrected chi connectivity index (χ4v) is 4.85. The number of amides is 1. The third-order valence-electron chi connectivity index (χ3n) is 2.50. The summed E-state index contributed by atoms with van der Waals surface area (Å²) in [5, 5.41) is 11.1. The van der Waals surface area contributed by atoms with Crippen molar-refractivity contribution in [2.45, 2.75) is 28.1 Å². The number of rotatable bonds is 7. The minimum absolute atomic E-state index is 0.642. The Bertz CT molecular complexity index is 636. The Hall–Kier alpha value is -1.35. The fourth-order valence-electron chi connectivity index (χ4n) is 1.31. The van der Waals surface area contributed by atoms with Crippen molar-refractivity contribution in [1.29, 1.82) is 0 Å². The Morgan fingerprint density at radius 1 is 1.04 bits per heavy atom. The minimum Gasteiger partial charge on any atom is -0.391 e. The van der Waals surface area contributed by atoms with Crippen LogP contribution in [0.2, 0.25) is 0 Å². The zero-order valence-electron chi connectivity index (χ0n) is 11.4. The molecule has 24 heavy (non-hydrogen) atoms. The van der Waals surface area contributed by atoms with Crippen molar-refractivity contribution in [2.75, 3.05) is 6.54 Å². The van der Waals surface area contributed by atoms with Crippen molar-refractivity contribution in [3.8, 4) is 0 Å². The third kappa shape index (κ3) is 5.07. The quantitative estimate of drug-likeness (QED) is 0.461. The van der Waals surface area contributed by atoms with Crippen LogP contribution in [0, 0.1) is 0 Å². The van der Waals surface area contributed by atoms with Crippen LogP contribution >= 0.6 is 0 Å². The molecule has 0 radical (unpaired) electrons. The molecular weight excluding hydrogens is 396 g/mol. The molecule has 0 fully saturated rings. The predicted molar refractivity (Wildman–Crippen MR) is 67.6 cm³/mol. The van der Waals surface area contributed by atoms with E-state index in [1.165, 1.54) is 0 Å². The molecular formula is C9H11F6NO6S2. The summed E-state index contributed by atoms with van der Waals surface area (Å²) in [6.45, 7) is 1.96. The number of alkyl halides is 6. The van der Waals surface area contributed by atoms with Gasteiger partial charge >= 0.3 is 11.0 Å². The van der Waals surface area contributed by atoms with E-state index in [1.54, 1.807) is 5.32 Å². The third-order valence-corrected chi connectivity index (χ3v) is 7.08. The lowest BCUT2D eigenvalue weighted by Gasteiger charge is -2.23. The first-order valence-electron chi connectivity index (χ1n) is 5.67. The van der Waals surface area contributed by atoms with E-state index >= 15 is 0 Å². The van der Waals surface area contributed by atoms with Gasteiger partial charge in [0.1, 0.15) is 0 Å². The van der Waals surface area contributed by atoms with Crippen molar-refractivity contribution < 1.29 is 53.1 Å². The van der Waals surface area contributed by atoms with Crippen molar-refractivity contribution in [3.63, 3.8) is 0 Å². The monoisotopic (exact) mass is 407 g/mol. The molecule has 1 atom stereocenters. The van der Waals surface area contributed by atoms with Crippen LogP contribution in [0.4, 0.5) is 26.3 Å². The molecule has 1 unspecified atom stereocenters. The van der Waals surface area contributed by atoms with Crippen LogP contribution in [-0.2, 0) is 24.5 Å². The molecule has 1 amide bonds. The van der Waals surface area contributed by atoms with E-state index in [0.717, 1.165) is 0 Å². The summed E-state index contributed by atoms with van der Waals surface area (Å²) in [5.41, 5.74) is -12.6. The Morgan fingerprint density at radius 3 is 1.71 bits per heavy atom. The first-order chi connectivity index (χ1) is 10.5. The van der Waals surface area contributed by atoms with Gasteiger partial charge in [-0.1, -0.05) is 6.58 Å². The summed E-state index contributed by atoms with van der Waals surface area (Å²) in [7, 11) is -13.6. The van der Waals surface area contributed by atoms with Gasteiger partial charge in [-0.3, -0.25) is 4.79 Å². The van der Waals surface area contributed by atoms with Gasteiger partial charge in [0.05, 0.1) is 6.10 Å². The zero-order chi connectivity index (χ0) is 19.6. The molecule has 0 aromatic carbocycles. The van der Waals surface area contributed by atoms with Gasteiger partial charge in [0.25, 0.3) is 19.7 Å². The highest BCUT2D eigenvalue weighted by atomic mass is 32.3. The summed E-state index contributed by atoms with van der Waals surface area (Å²) in [6, 6.07) is 0. The molecule has 0 rings (SSSR count). The lowest BCUT2D eigenvalue weighted by molar-refractivity contribution is -0.117. The molecule has 0 bridgehead atoms. The number of halogens is 6. The average Bonchev–Trinajstić information content (AvgIpc) is 2.38. The fraction of sp³-hybridized carbons (Fsp3) is 0.667. The van der Waals surface area contributed by atoms with Crippen LogP contribution in [0.3, 0.4) is 0 Å². The van der Waals surface area contributed by atoms with Crippen LogP contribution in [-0.4, -0.2) is 56.1 Å². The molecule has 0 spiro atoms. The second-order valence-corrected chi connectivity index (χ2v) is 8.79. The number of carbonyl (C=O) groups excluding carboxylic acids is 1. The summed E-state index contributed by atoms with van der Waals surface area (Å²) in [5.74, 6) is -0.983. The van der Waals surface area contributed by atoms with Gasteiger partial charge in [-0.2, -0.15) is 26.3 Å². The van der Waals surface area contributed by atoms with Gasteiger partial charge in [-0.15, -0.1) is 0 Å². The second kappa shape index (κ2) is 7.26. The van der Waals surface area contributed by atoms with Crippen molar-refractivity contribution in [2.24, 2.45) is 0 Å². The number of aliphatic hydroxyl groups excluding tert-OH is 1. The van der Waals surface area contributed by atoms with Crippen LogP contribution in [0.5, 0.6) is 0 Å². The number of hydrogen-bond acceptors (Lipinski definition) is 6. The largest absolute Gasteiger partial charge is 0.498 e. The second-order valence-electron chi connectivity index (χ2n) is 4.25. The zero-order valence-corrected chi connectivity index (χ0v) is 13.1. The number of hydrogen-bond donors (Lipinski definition) is 2. The first-order valence-corrected chi connectivity index (χ1v) is 8.76. The molecule has 0 aliphatic carbocycles. The van der Waals surface area contributed by atoms with Crippen molar-refractivity contribution in [3.05, 3.63) is 12.7 Å². The maximum atomic E-state index is 12.4. The molecule has 0 saturated heterocycles. The van der Waals surface area contributed by atoms with E-state index in [9.17, 15) is 53.1 Å². The van der Waals surface area contributed by atoms with Crippen LogP contribution in [0.1, 0.15) is 6.42 Å². The Labute approximate surface area is 132 Å². The van der Waals surface area contributed by atoms with Crippen LogP contribution in [0.25, 0.3) is 0 Å². The molecule has 0 aromatic heterocycles. The highest BCUT2D eigenvalue weighted by Gasteiger charge is 2.63. The Kier molecular flexibility index (Phi) is 6.86. The van der Waals surface area contributed by atoms with Gasteiger partial charge in [0.15, 0.2) is 4.58 Å². The lowest BCUT2D eigenvalue weighted by Crippen LogP contribution is -2.47. The van der Waals surface area contributed by atoms with E-state index in [2.05, 4.69) is 6.58 Å². The molecule has 15 heteroatoms. The highest BCUT2D eigenvalue weighted by Crippen LogP contribution is 2.38. The molecule has 0 aliphatic heterocycles. The van der Waals surface area contributed by atoms with E-state index in [0.29, 0.717) is 6.08 Å². The Balaban J connectivity index is 5.78. The summed E-state index contributed by atoms with van der Waals surface area (Å²) < 4.78 is 115. The lowest BCUT2D eigenvalue weighted by atomic mass is 10.3. The molecule has 2 N–H and O–H groups in total. The SMILES string of the molecule is C=CC(=O)NCC(O)CC(S(=O)(=O)C(F)(F)F)S(=O)(=O)C(F)(F)F. The van der Waals surface area contributed by atoms with Gasteiger partial charge in [0, 0.05) is 13.0 Å². The average molecular weight is 407 g/mol. The normalized spacial score (nSPS) is 15.2. The topological polar surface area (TPSA) is 118 Å². The number of nitrogens with one attached hydrogen (secondary N) is 1. The molecule has 142 valence electrons. The first kappa shape index (κ1) is 22.6. The smallest absolute Gasteiger partial charge is 0.391 e. The van der Waals surface area contributed by atoms with Gasteiger partial charge < -0.3 is 10.4 Å². The van der Waals surface area contributed by atoms with Crippen LogP contribution < -0.4 is 5.32 Å². The maximum Gasteiger partial charge on any atom is 0.498 e. The van der Waals surface area contributed by atoms with E-state index in [4.69, 9.17) is 0 Å². The standard InChI is InChI=1S/C9H11F6NO6S2/c1-2-6(18)16-4-5(17)3-7(23(19,20)8(10,11)12)24(21,22)9(13,14)15/h2,5,7,17H,1,3-4H2,(H,16,18). The molecule has 0 heterocycles. The predicted octanol–water partition coefficient (Wildman–Crippen LogP) is 0.235. The molecule has 0 saturated carbocycles. The number of carbonyl (C=O) groups is 1. The molecule has 7 nitrogen and oxygen atoms in total. The summed E-state index contributed by atoms with van der Waals surface area (Å²) in [4.78, 5) is 10.8. The number of sulfone groups is 2. The molecule has 0 aliphatic rings. The van der Waals surface area contributed by atoms with E-state index in [1.807, 2.05) is 0 Å².